The van der Waals surface area contributed by atoms with E-state index in [0.717, 1.165) is 24.2 Å². The minimum absolute atomic E-state index is 0.0118. The van der Waals surface area contributed by atoms with Crippen LogP contribution in [-0.2, 0) is 10.2 Å². The lowest BCUT2D eigenvalue weighted by atomic mass is 9.70. The van der Waals surface area contributed by atoms with Crippen molar-refractivity contribution in [2.24, 2.45) is 5.41 Å². The molecule has 2 aromatic rings. The number of nitrogens with zero attached hydrogens (tertiary/aromatic N) is 4. The third kappa shape index (κ3) is 2.62. The number of carbonyl (C=O) groups excluding carboxylic acids is 2. The van der Waals surface area contributed by atoms with Gasteiger partial charge in [0.2, 0.25) is 5.16 Å². The van der Waals surface area contributed by atoms with Gasteiger partial charge in [-0.25, -0.2) is 4.98 Å². The molecule has 1 aliphatic heterocycles. The second kappa shape index (κ2) is 6.51. The van der Waals surface area contributed by atoms with Crippen LogP contribution >= 0.6 is 11.8 Å². The number of ether oxygens (including phenoxy) is 1. The van der Waals surface area contributed by atoms with Gasteiger partial charge in [0, 0.05) is 23.9 Å². The number of Topliss-reactive ketones (excluding diaryl/α,β-unsaturated/α-hetero) is 1. The Morgan fingerprint density at radius 2 is 2.10 bits per heavy atom. The molecule has 0 radical (unpaired) electrons. The molecule has 7 nitrogen and oxygen atoms in total. The average molecular weight is 425 g/mol. The summed E-state index contributed by atoms with van der Waals surface area (Å²) in [7, 11) is 1.69. The molecule has 30 heavy (non-hydrogen) atoms. The summed E-state index contributed by atoms with van der Waals surface area (Å²) in [5.74, 6) is 1.05. The van der Waals surface area contributed by atoms with Crippen molar-refractivity contribution in [1.82, 2.24) is 15.2 Å². The van der Waals surface area contributed by atoms with Crippen molar-refractivity contribution in [3.63, 3.8) is 0 Å². The zero-order valence-electron chi connectivity index (χ0n) is 17.6. The molecule has 1 saturated carbocycles. The van der Waals surface area contributed by atoms with Crippen molar-refractivity contribution in [3.8, 4) is 5.75 Å². The quantitative estimate of drug-likeness (QED) is 0.549. The monoisotopic (exact) mass is 424 g/mol. The molecule has 0 unspecified atom stereocenters. The Hall–Kier alpha value is -2.48. The van der Waals surface area contributed by atoms with Crippen molar-refractivity contribution in [1.29, 1.82) is 0 Å². The van der Waals surface area contributed by atoms with Gasteiger partial charge in [-0.1, -0.05) is 32.5 Å². The molecule has 1 fully saturated rings. The first-order valence-corrected chi connectivity index (χ1v) is 11.2. The van der Waals surface area contributed by atoms with Gasteiger partial charge in [-0.3, -0.25) is 9.59 Å². The van der Waals surface area contributed by atoms with E-state index in [4.69, 9.17) is 9.72 Å². The number of carbonyl (C=O) groups is 2. The molecule has 3 aliphatic rings. The first kappa shape index (κ1) is 19.5. The Bertz CT molecular complexity index is 1090. The average Bonchev–Trinajstić information content (AvgIpc) is 3.07. The topological polar surface area (TPSA) is 85.3 Å². The third-order valence-corrected chi connectivity index (χ3v) is 8.31. The number of anilines is 1. The largest absolute Gasteiger partial charge is 0.482 e. The molecular formula is C22H24N4O3S. The fourth-order valence-electron chi connectivity index (χ4n) is 5.08. The van der Waals surface area contributed by atoms with E-state index in [1.165, 1.54) is 16.7 Å². The number of hydrogen-bond donors (Lipinski definition) is 0. The van der Waals surface area contributed by atoms with E-state index in [2.05, 4.69) is 31.0 Å². The van der Waals surface area contributed by atoms with Crippen molar-refractivity contribution >= 4 is 29.1 Å². The Balaban J connectivity index is 1.34. The molecule has 8 heteroatoms. The number of thioether (sulfide) groups is 1. The van der Waals surface area contributed by atoms with E-state index in [1.807, 2.05) is 0 Å². The molecule has 0 N–H and O–H groups in total. The van der Waals surface area contributed by atoms with Crippen LogP contribution in [0.1, 0.15) is 61.3 Å². The summed E-state index contributed by atoms with van der Waals surface area (Å²) in [6.07, 6.45) is 2.25. The first-order valence-electron chi connectivity index (χ1n) is 10.2. The summed E-state index contributed by atoms with van der Waals surface area (Å²) in [5, 5.41) is 9.35. The van der Waals surface area contributed by atoms with Gasteiger partial charge in [0.1, 0.15) is 5.75 Å². The van der Waals surface area contributed by atoms with Crippen LogP contribution in [0.2, 0.25) is 0 Å². The molecule has 2 aliphatic carbocycles. The number of amides is 1. The molecule has 156 valence electrons. The van der Waals surface area contributed by atoms with E-state index >= 15 is 0 Å². The molecule has 0 spiro atoms. The van der Waals surface area contributed by atoms with Crippen LogP contribution in [0.4, 0.5) is 5.69 Å². The molecular weight excluding hydrogens is 400 g/mol. The molecule has 2 atom stereocenters. The number of hydrogen-bond acceptors (Lipinski definition) is 7. The predicted octanol–water partition coefficient (Wildman–Crippen LogP) is 3.38. The van der Waals surface area contributed by atoms with Crippen LogP contribution in [-0.4, -0.2) is 46.3 Å². The first-order chi connectivity index (χ1) is 14.2. The Kier molecular flexibility index (Phi) is 4.23. The van der Waals surface area contributed by atoms with E-state index in [-0.39, 0.29) is 34.9 Å². The van der Waals surface area contributed by atoms with Gasteiger partial charge >= 0.3 is 0 Å². The Morgan fingerprint density at radius 1 is 1.30 bits per heavy atom. The lowest BCUT2D eigenvalue weighted by molar-refractivity contribution is -0.120. The number of aromatic nitrogens is 3. The highest BCUT2D eigenvalue weighted by atomic mass is 32.2. The predicted molar refractivity (Wildman–Crippen MR) is 113 cm³/mol. The second-order valence-corrected chi connectivity index (χ2v) is 10.1. The molecule has 5 rings (SSSR count). The molecule has 1 amide bonds. The fourth-order valence-corrected chi connectivity index (χ4v) is 5.76. The van der Waals surface area contributed by atoms with Gasteiger partial charge in [-0.15, -0.1) is 5.10 Å². The van der Waals surface area contributed by atoms with Gasteiger partial charge in [0.25, 0.3) is 5.91 Å². The van der Waals surface area contributed by atoms with Gasteiger partial charge in [0.15, 0.2) is 12.4 Å². The van der Waals surface area contributed by atoms with Gasteiger partial charge in [0.05, 0.1) is 22.8 Å². The normalized spacial score (nSPS) is 25.7. The van der Waals surface area contributed by atoms with E-state index < -0.39 is 0 Å². The third-order valence-electron chi connectivity index (χ3n) is 7.47. The summed E-state index contributed by atoms with van der Waals surface area (Å²) in [6, 6.07) is 5.18. The summed E-state index contributed by atoms with van der Waals surface area (Å²) >= 11 is 1.31. The minimum Gasteiger partial charge on any atom is -0.482 e. The smallest absolute Gasteiger partial charge is 0.264 e. The number of likely N-dealkylation sites (N-methyl/N-ethyl adjacent to an activating group) is 1. The fraction of sp³-hybridized carbons (Fsp3) is 0.500. The summed E-state index contributed by atoms with van der Waals surface area (Å²) in [5.41, 5.74) is 3.38. The summed E-state index contributed by atoms with van der Waals surface area (Å²) < 4.78 is 5.43. The lowest BCUT2D eigenvalue weighted by Crippen LogP contribution is -2.35. The lowest BCUT2D eigenvalue weighted by Gasteiger charge is -2.33. The van der Waals surface area contributed by atoms with Crippen LogP contribution in [0.3, 0.4) is 0 Å². The van der Waals surface area contributed by atoms with Gasteiger partial charge in [-0.2, -0.15) is 5.10 Å². The van der Waals surface area contributed by atoms with Crippen LogP contribution in [0.25, 0.3) is 0 Å². The zero-order valence-corrected chi connectivity index (χ0v) is 18.4. The number of fused-ring (bicyclic) bond motifs is 6. The van der Waals surface area contributed by atoms with Gasteiger partial charge < -0.3 is 9.64 Å². The molecule has 2 heterocycles. The number of benzene rings is 1. The van der Waals surface area contributed by atoms with E-state index in [1.54, 1.807) is 25.2 Å². The van der Waals surface area contributed by atoms with Gasteiger partial charge in [-0.05, 0) is 36.5 Å². The molecule has 1 aromatic heterocycles. The standard InChI is InChI=1S/C22H24N4O3S/c1-21(2)13-7-8-22(21,3)19-18(13)24-25-20(23-19)30-11-15(27)12-5-6-16-14(9-12)26(4)17(28)10-29-16/h5-6,9,13H,7-8,10-11H2,1-4H3/t13-,22-/m0/s1. The maximum absolute atomic E-state index is 12.8. The maximum atomic E-state index is 12.8. The van der Waals surface area contributed by atoms with Crippen molar-refractivity contribution < 1.29 is 14.3 Å². The van der Waals surface area contributed by atoms with E-state index in [0.29, 0.717) is 28.1 Å². The van der Waals surface area contributed by atoms with Crippen LogP contribution in [0.5, 0.6) is 5.75 Å². The SMILES string of the molecule is CN1C(=O)COc2ccc(C(=O)CSc3nnc4c(n3)[C@]3(C)CC[C@@H]4C3(C)C)cc21. The number of ketones is 1. The van der Waals surface area contributed by atoms with Crippen LogP contribution in [0, 0.1) is 5.41 Å². The molecule has 1 aromatic carbocycles. The highest BCUT2D eigenvalue weighted by Gasteiger charge is 2.61. The summed E-state index contributed by atoms with van der Waals surface area (Å²) in [4.78, 5) is 31.0. The zero-order chi connectivity index (χ0) is 21.3. The minimum atomic E-state index is -0.134. The maximum Gasteiger partial charge on any atom is 0.264 e. The Labute approximate surface area is 179 Å². The van der Waals surface area contributed by atoms with E-state index in [9.17, 15) is 9.59 Å². The van der Waals surface area contributed by atoms with Crippen molar-refractivity contribution in [2.75, 3.05) is 24.3 Å². The molecule has 2 bridgehead atoms. The van der Waals surface area contributed by atoms with Crippen molar-refractivity contribution in [3.05, 3.63) is 35.2 Å². The highest BCUT2D eigenvalue weighted by molar-refractivity contribution is 7.99. The molecule has 0 saturated heterocycles. The van der Waals surface area contributed by atoms with Crippen molar-refractivity contribution in [2.45, 2.75) is 50.1 Å². The number of rotatable bonds is 4. The Morgan fingerprint density at radius 3 is 2.90 bits per heavy atom. The van der Waals surface area contributed by atoms with Crippen LogP contribution < -0.4 is 9.64 Å². The van der Waals surface area contributed by atoms with Crippen LogP contribution in [0.15, 0.2) is 23.4 Å². The highest BCUT2D eigenvalue weighted by Crippen LogP contribution is 2.66. The summed E-state index contributed by atoms with van der Waals surface area (Å²) in [6.45, 7) is 6.89. The second-order valence-electron chi connectivity index (χ2n) is 9.11.